The molecule has 0 heterocycles. The molecule has 0 aliphatic carbocycles. The number of nitrogens with one attached hydrogen (secondary N) is 2. The lowest BCUT2D eigenvalue weighted by molar-refractivity contribution is -0.121. The van der Waals surface area contributed by atoms with Crippen LogP contribution in [0.1, 0.15) is 37.5 Å². The molecule has 1 rings (SSSR count). The van der Waals surface area contributed by atoms with Crippen LogP contribution in [0.5, 0.6) is 0 Å². The fraction of sp³-hybridized carbons (Fsp3) is 0.533. The van der Waals surface area contributed by atoms with Crippen LogP contribution >= 0.6 is 0 Å². The third-order valence-corrected chi connectivity index (χ3v) is 2.41. The fourth-order valence-corrected chi connectivity index (χ4v) is 1.95. The van der Waals surface area contributed by atoms with Crippen LogP contribution in [-0.2, 0) is 11.3 Å². The van der Waals surface area contributed by atoms with Crippen LogP contribution in [0, 0.1) is 13.8 Å². The van der Waals surface area contributed by atoms with Crippen molar-refractivity contribution in [3.8, 4) is 0 Å². The number of carbonyl (C=O) groups is 1. The first-order valence-corrected chi connectivity index (χ1v) is 6.35. The SMILES string of the molecule is Cc1cc(C)cc(CNCC(=O)NC(C)(C)C)c1. The molecule has 0 aliphatic rings. The topological polar surface area (TPSA) is 41.1 Å². The van der Waals surface area contributed by atoms with Gasteiger partial charge in [0.15, 0.2) is 0 Å². The van der Waals surface area contributed by atoms with Gasteiger partial charge in [0.2, 0.25) is 5.91 Å². The average molecular weight is 248 g/mol. The fourth-order valence-electron chi connectivity index (χ4n) is 1.95. The number of carbonyl (C=O) groups excluding carboxylic acids is 1. The lowest BCUT2D eigenvalue weighted by Crippen LogP contribution is -2.44. The predicted molar refractivity (Wildman–Crippen MR) is 75.5 cm³/mol. The summed E-state index contributed by atoms with van der Waals surface area (Å²) in [6.07, 6.45) is 0. The van der Waals surface area contributed by atoms with Gasteiger partial charge in [0.05, 0.1) is 6.54 Å². The Morgan fingerprint density at radius 2 is 1.67 bits per heavy atom. The van der Waals surface area contributed by atoms with Gasteiger partial charge in [0.1, 0.15) is 0 Å². The normalized spacial score (nSPS) is 11.4. The van der Waals surface area contributed by atoms with Crippen LogP contribution in [0.25, 0.3) is 0 Å². The molecule has 0 unspecified atom stereocenters. The highest BCUT2D eigenvalue weighted by atomic mass is 16.2. The van der Waals surface area contributed by atoms with Gasteiger partial charge in [-0.25, -0.2) is 0 Å². The molecule has 1 aromatic carbocycles. The molecule has 18 heavy (non-hydrogen) atoms. The molecule has 0 aliphatic heterocycles. The minimum absolute atomic E-state index is 0.0341. The maximum absolute atomic E-state index is 11.6. The van der Waals surface area contributed by atoms with Crippen molar-refractivity contribution in [3.05, 3.63) is 34.9 Å². The van der Waals surface area contributed by atoms with Crippen LogP contribution in [0.4, 0.5) is 0 Å². The van der Waals surface area contributed by atoms with Gasteiger partial charge in [-0.05, 0) is 40.2 Å². The lowest BCUT2D eigenvalue weighted by Gasteiger charge is -2.20. The Labute approximate surface area is 110 Å². The van der Waals surface area contributed by atoms with Crippen LogP contribution in [-0.4, -0.2) is 18.0 Å². The van der Waals surface area contributed by atoms with Gasteiger partial charge in [0, 0.05) is 12.1 Å². The number of amides is 1. The minimum Gasteiger partial charge on any atom is -0.350 e. The molecular formula is C15H24N2O. The molecule has 0 aromatic heterocycles. The molecule has 3 nitrogen and oxygen atoms in total. The van der Waals surface area contributed by atoms with Crippen molar-refractivity contribution in [3.63, 3.8) is 0 Å². The zero-order valence-electron chi connectivity index (χ0n) is 12.1. The summed E-state index contributed by atoms with van der Waals surface area (Å²) in [6, 6.07) is 6.43. The Morgan fingerprint density at radius 3 is 2.17 bits per heavy atom. The number of benzene rings is 1. The highest BCUT2D eigenvalue weighted by Crippen LogP contribution is 2.08. The number of rotatable bonds is 4. The van der Waals surface area contributed by atoms with Crippen LogP contribution in [0.15, 0.2) is 18.2 Å². The van der Waals surface area contributed by atoms with Crippen molar-refractivity contribution in [2.45, 2.75) is 46.7 Å². The van der Waals surface area contributed by atoms with Crippen molar-refractivity contribution < 1.29 is 4.79 Å². The van der Waals surface area contributed by atoms with Gasteiger partial charge < -0.3 is 10.6 Å². The Bertz CT molecular complexity index is 399. The smallest absolute Gasteiger partial charge is 0.234 e. The summed E-state index contributed by atoms with van der Waals surface area (Å²) in [5.74, 6) is 0.0341. The molecule has 0 spiro atoms. The molecule has 0 saturated heterocycles. The predicted octanol–water partition coefficient (Wildman–Crippen LogP) is 2.31. The molecule has 0 fully saturated rings. The second-order valence-electron chi connectivity index (χ2n) is 5.90. The van der Waals surface area contributed by atoms with Crippen LogP contribution in [0.3, 0.4) is 0 Å². The van der Waals surface area contributed by atoms with E-state index in [0.29, 0.717) is 6.54 Å². The largest absolute Gasteiger partial charge is 0.350 e. The number of hydrogen-bond donors (Lipinski definition) is 2. The lowest BCUT2D eigenvalue weighted by atomic mass is 10.1. The molecule has 0 bridgehead atoms. The van der Waals surface area contributed by atoms with E-state index in [-0.39, 0.29) is 11.4 Å². The van der Waals surface area contributed by atoms with Crippen molar-refractivity contribution in [1.29, 1.82) is 0 Å². The molecule has 3 heteroatoms. The molecular weight excluding hydrogens is 224 g/mol. The number of aryl methyl sites for hydroxylation is 2. The molecule has 0 atom stereocenters. The quantitative estimate of drug-likeness (QED) is 0.858. The Hall–Kier alpha value is -1.35. The van der Waals surface area contributed by atoms with Crippen molar-refractivity contribution >= 4 is 5.91 Å². The highest BCUT2D eigenvalue weighted by Gasteiger charge is 2.12. The van der Waals surface area contributed by atoms with E-state index >= 15 is 0 Å². The number of hydrogen-bond acceptors (Lipinski definition) is 2. The Balaban J connectivity index is 2.40. The Morgan fingerprint density at radius 1 is 1.11 bits per heavy atom. The van der Waals surface area contributed by atoms with E-state index in [1.807, 2.05) is 20.8 Å². The maximum atomic E-state index is 11.6. The van der Waals surface area contributed by atoms with Gasteiger partial charge in [-0.1, -0.05) is 29.3 Å². The summed E-state index contributed by atoms with van der Waals surface area (Å²) in [5.41, 5.74) is 3.56. The van der Waals surface area contributed by atoms with Crippen molar-refractivity contribution in [2.24, 2.45) is 0 Å². The van der Waals surface area contributed by atoms with E-state index in [0.717, 1.165) is 6.54 Å². The van der Waals surface area contributed by atoms with Crippen LogP contribution in [0.2, 0.25) is 0 Å². The van der Waals surface area contributed by atoms with Crippen LogP contribution < -0.4 is 10.6 Å². The second-order valence-corrected chi connectivity index (χ2v) is 5.90. The molecule has 100 valence electrons. The molecule has 1 amide bonds. The van der Waals surface area contributed by atoms with Crippen molar-refractivity contribution in [2.75, 3.05) is 6.54 Å². The maximum Gasteiger partial charge on any atom is 0.234 e. The van der Waals surface area contributed by atoms with E-state index in [2.05, 4.69) is 42.7 Å². The van der Waals surface area contributed by atoms with E-state index in [1.165, 1.54) is 16.7 Å². The van der Waals surface area contributed by atoms with Gasteiger partial charge in [0.25, 0.3) is 0 Å². The summed E-state index contributed by atoms with van der Waals surface area (Å²) in [5, 5.41) is 6.09. The summed E-state index contributed by atoms with van der Waals surface area (Å²) < 4.78 is 0. The van der Waals surface area contributed by atoms with E-state index in [1.54, 1.807) is 0 Å². The monoisotopic (exact) mass is 248 g/mol. The van der Waals surface area contributed by atoms with Crippen molar-refractivity contribution in [1.82, 2.24) is 10.6 Å². The van der Waals surface area contributed by atoms with Gasteiger partial charge >= 0.3 is 0 Å². The second kappa shape index (κ2) is 6.01. The summed E-state index contributed by atoms with van der Waals surface area (Å²) in [6.45, 7) is 11.2. The van der Waals surface area contributed by atoms with Gasteiger partial charge in [-0.2, -0.15) is 0 Å². The average Bonchev–Trinajstić information content (AvgIpc) is 2.12. The summed E-state index contributed by atoms with van der Waals surface area (Å²) in [4.78, 5) is 11.6. The highest BCUT2D eigenvalue weighted by molar-refractivity contribution is 5.78. The minimum atomic E-state index is -0.168. The van der Waals surface area contributed by atoms with E-state index in [9.17, 15) is 4.79 Å². The first-order valence-electron chi connectivity index (χ1n) is 6.35. The standard InChI is InChI=1S/C15H24N2O/c1-11-6-12(2)8-13(7-11)9-16-10-14(18)17-15(3,4)5/h6-8,16H,9-10H2,1-5H3,(H,17,18). The van der Waals surface area contributed by atoms with Gasteiger partial charge in [-0.15, -0.1) is 0 Å². The van der Waals surface area contributed by atoms with E-state index in [4.69, 9.17) is 0 Å². The zero-order valence-corrected chi connectivity index (χ0v) is 12.1. The van der Waals surface area contributed by atoms with Gasteiger partial charge in [-0.3, -0.25) is 4.79 Å². The Kier molecular flexibility index (Phi) is 4.91. The van der Waals surface area contributed by atoms with E-state index < -0.39 is 0 Å². The summed E-state index contributed by atoms with van der Waals surface area (Å²) in [7, 11) is 0. The molecule has 0 saturated carbocycles. The molecule has 0 radical (unpaired) electrons. The zero-order chi connectivity index (χ0) is 13.8. The first-order chi connectivity index (χ1) is 8.26. The third-order valence-electron chi connectivity index (χ3n) is 2.41. The third kappa shape index (κ3) is 5.82. The summed E-state index contributed by atoms with van der Waals surface area (Å²) >= 11 is 0. The first kappa shape index (κ1) is 14.7. The molecule has 1 aromatic rings. The molecule has 2 N–H and O–H groups in total.